The summed E-state index contributed by atoms with van der Waals surface area (Å²) in [4.78, 5) is 17.0. The van der Waals surface area contributed by atoms with Crippen molar-refractivity contribution in [3.8, 4) is 5.75 Å². The van der Waals surface area contributed by atoms with Crippen LogP contribution in [-0.4, -0.2) is 55.7 Å². The summed E-state index contributed by atoms with van der Waals surface area (Å²) < 4.78 is 5.29. The van der Waals surface area contributed by atoms with Crippen molar-refractivity contribution in [3.05, 3.63) is 23.2 Å². The predicted octanol–water partition coefficient (Wildman–Crippen LogP) is 4.08. The van der Waals surface area contributed by atoms with Crippen LogP contribution in [0, 0.1) is 5.92 Å². The molecule has 2 aliphatic rings. The number of nitrogens with zero attached hydrogens (tertiary/aromatic N) is 2. The number of ether oxygens (including phenoxy) is 1. The standard InChI is InChI=1S/C19H28ClN3O2/c1-25-18-6-5-16(20)13-17(18)21-19(24)23-11-7-15(8-12-23)14-22-9-3-2-4-10-22/h5-6,13,15H,2-4,7-12,14H2,1H3,(H,21,24). The Kier molecular flexibility index (Phi) is 6.43. The number of benzene rings is 1. The summed E-state index contributed by atoms with van der Waals surface area (Å²) in [7, 11) is 1.59. The number of halogens is 1. The first-order chi connectivity index (χ1) is 12.2. The van der Waals surface area contributed by atoms with Gasteiger partial charge in [0.15, 0.2) is 0 Å². The largest absolute Gasteiger partial charge is 0.495 e. The van der Waals surface area contributed by atoms with Crippen LogP contribution in [0.25, 0.3) is 0 Å². The van der Waals surface area contributed by atoms with E-state index in [1.807, 2.05) is 4.90 Å². The second kappa shape index (κ2) is 8.77. The van der Waals surface area contributed by atoms with Crippen LogP contribution in [0.5, 0.6) is 5.75 Å². The maximum atomic E-state index is 12.5. The number of hydrogen-bond donors (Lipinski definition) is 1. The van der Waals surface area contributed by atoms with Gasteiger partial charge in [-0.05, 0) is 62.9 Å². The highest BCUT2D eigenvalue weighted by atomic mass is 35.5. The molecule has 6 heteroatoms. The lowest BCUT2D eigenvalue weighted by Crippen LogP contribution is -2.44. The first-order valence-corrected chi connectivity index (χ1v) is 9.65. The van der Waals surface area contributed by atoms with Gasteiger partial charge < -0.3 is 19.9 Å². The number of methoxy groups -OCH3 is 1. The molecule has 138 valence electrons. The van der Waals surface area contributed by atoms with E-state index in [1.165, 1.54) is 38.9 Å². The van der Waals surface area contributed by atoms with Gasteiger partial charge in [-0.2, -0.15) is 0 Å². The van der Waals surface area contributed by atoms with Crippen LogP contribution in [0.3, 0.4) is 0 Å². The van der Waals surface area contributed by atoms with Gasteiger partial charge in [-0.3, -0.25) is 0 Å². The number of hydrogen-bond acceptors (Lipinski definition) is 3. The van der Waals surface area contributed by atoms with Crippen molar-refractivity contribution in [2.75, 3.05) is 45.2 Å². The van der Waals surface area contributed by atoms with Gasteiger partial charge in [0.1, 0.15) is 5.75 Å². The summed E-state index contributed by atoms with van der Waals surface area (Å²) in [6.45, 7) is 5.31. The Balaban J connectivity index is 1.49. The van der Waals surface area contributed by atoms with Gasteiger partial charge in [-0.15, -0.1) is 0 Å². The minimum absolute atomic E-state index is 0.0722. The molecule has 2 aliphatic heterocycles. The molecule has 2 heterocycles. The van der Waals surface area contributed by atoms with Crippen molar-refractivity contribution >= 4 is 23.3 Å². The average Bonchev–Trinajstić information content (AvgIpc) is 2.63. The Morgan fingerprint density at radius 2 is 1.92 bits per heavy atom. The van der Waals surface area contributed by atoms with E-state index in [0.29, 0.717) is 22.4 Å². The van der Waals surface area contributed by atoms with Crippen molar-refractivity contribution in [1.29, 1.82) is 0 Å². The molecule has 2 fully saturated rings. The van der Waals surface area contributed by atoms with Crippen LogP contribution >= 0.6 is 11.6 Å². The zero-order valence-electron chi connectivity index (χ0n) is 15.0. The molecular weight excluding hydrogens is 338 g/mol. The number of anilines is 1. The van der Waals surface area contributed by atoms with E-state index in [1.54, 1.807) is 25.3 Å². The fourth-order valence-electron chi connectivity index (χ4n) is 3.80. The molecule has 0 atom stereocenters. The minimum Gasteiger partial charge on any atom is -0.495 e. The molecule has 0 saturated carbocycles. The summed E-state index contributed by atoms with van der Waals surface area (Å²) in [5.74, 6) is 1.33. The highest BCUT2D eigenvalue weighted by Crippen LogP contribution is 2.28. The van der Waals surface area contributed by atoms with Gasteiger partial charge in [-0.25, -0.2) is 4.79 Å². The first-order valence-electron chi connectivity index (χ1n) is 9.27. The lowest BCUT2D eigenvalue weighted by molar-refractivity contribution is 0.142. The molecule has 0 radical (unpaired) electrons. The summed E-state index contributed by atoms with van der Waals surface area (Å²) in [5.41, 5.74) is 0.621. The third-order valence-corrected chi connectivity index (χ3v) is 5.51. The summed E-state index contributed by atoms with van der Waals surface area (Å²) in [6, 6.07) is 5.17. The van der Waals surface area contributed by atoms with Crippen LogP contribution in [0.15, 0.2) is 18.2 Å². The molecule has 2 saturated heterocycles. The Hall–Kier alpha value is -1.46. The van der Waals surface area contributed by atoms with E-state index >= 15 is 0 Å². The van der Waals surface area contributed by atoms with Crippen molar-refractivity contribution in [1.82, 2.24) is 9.80 Å². The molecule has 0 aliphatic carbocycles. The second-order valence-electron chi connectivity index (χ2n) is 7.07. The number of amides is 2. The Morgan fingerprint density at radius 3 is 2.60 bits per heavy atom. The van der Waals surface area contributed by atoms with E-state index in [2.05, 4.69) is 10.2 Å². The molecule has 0 unspecified atom stereocenters. The van der Waals surface area contributed by atoms with Crippen molar-refractivity contribution < 1.29 is 9.53 Å². The van der Waals surface area contributed by atoms with E-state index < -0.39 is 0 Å². The Labute approximate surface area is 155 Å². The number of rotatable bonds is 4. The van der Waals surface area contributed by atoms with E-state index in [0.717, 1.165) is 25.9 Å². The Bertz CT molecular complexity index is 582. The topological polar surface area (TPSA) is 44.8 Å². The molecular formula is C19H28ClN3O2. The zero-order valence-corrected chi connectivity index (χ0v) is 15.7. The molecule has 3 rings (SSSR count). The van der Waals surface area contributed by atoms with Gasteiger partial charge in [0.25, 0.3) is 0 Å². The van der Waals surface area contributed by atoms with Gasteiger partial charge in [0, 0.05) is 24.7 Å². The van der Waals surface area contributed by atoms with Crippen molar-refractivity contribution in [3.63, 3.8) is 0 Å². The van der Waals surface area contributed by atoms with E-state index in [-0.39, 0.29) is 6.03 Å². The maximum absolute atomic E-state index is 12.5. The van der Waals surface area contributed by atoms with Gasteiger partial charge in [0.05, 0.1) is 12.8 Å². The number of piperidine rings is 2. The van der Waals surface area contributed by atoms with E-state index in [9.17, 15) is 4.79 Å². The van der Waals surface area contributed by atoms with Crippen LogP contribution in [0.4, 0.5) is 10.5 Å². The molecule has 5 nitrogen and oxygen atoms in total. The van der Waals surface area contributed by atoms with Crippen molar-refractivity contribution in [2.24, 2.45) is 5.92 Å². The number of carbonyl (C=O) groups is 1. The lowest BCUT2D eigenvalue weighted by atomic mass is 9.95. The monoisotopic (exact) mass is 365 g/mol. The maximum Gasteiger partial charge on any atom is 0.321 e. The minimum atomic E-state index is -0.0722. The first kappa shape index (κ1) is 18.3. The second-order valence-corrected chi connectivity index (χ2v) is 7.50. The number of nitrogens with one attached hydrogen (secondary N) is 1. The molecule has 1 aromatic carbocycles. The van der Waals surface area contributed by atoms with Crippen LogP contribution in [0.2, 0.25) is 5.02 Å². The molecule has 0 spiro atoms. The zero-order chi connectivity index (χ0) is 17.6. The lowest BCUT2D eigenvalue weighted by Gasteiger charge is -2.36. The molecule has 1 aromatic rings. The van der Waals surface area contributed by atoms with Crippen LogP contribution in [0.1, 0.15) is 32.1 Å². The van der Waals surface area contributed by atoms with Gasteiger partial charge in [0.2, 0.25) is 0 Å². The summed E-state index contributed by atoms with van der Waals surface area (Å²) in [5, 5.41) is 3.52. The number of likely N-dealkylation sites (tertiary alicyclic amines) is 2. The smallest absolute Gasteiger partial charge is 0.321 e. The average molecular weight is 366 g/mol. The number of urea groups is 1. The van der Waals surface area contributed by atoms with Gasteiger partial charge >= 0.3 is 6.03 Å². The van der Waals surface area contributed by atoms with Gasteiger partial charge in [-0.1, -0.05) is 18.0 Å². The van der Waals surface area contributed by atoms with E-state index in [4.69, 9.17) is 16.3 Å². The third kappa shape index (κ3) is 5.02. The molecule has 2 amide bonds. The molecule has 0 aromatic heterocycles. The molecule has 1 N–H and O–H groups in total. The third-order valence-electron chi connectivity index (χ3n) is 5.27. The fourth-order valence-corrected chi connectivity index (χ4v) is 3.97. The Morgan fingerprint density at radius 1 is 1.20 bits per heavy atom. The quantitative estimate of drug-likeness (QED) is 0.874. The fraction of sp³-hybridized carbons (Fsp3) is 0.632. The summed E-state index contributed by atoms with van der Waals surface area (Å²) >= 11 is 6.03. The molecule has 25 heavy (non-hydrogen) atoms. The SMILES string of the molecule is COc1ccc(Cl)cc1NC(=O)N1CCC(CN2CCCCC2)CC1. The van der Waals surface area contributed by atoms with Crippen LogP contribution < -0.4 is 10.1 Å². The molecule has 0 bridgehead atoms. The predicted molar refractivity (Wildman–Crippen MR) is 102 cm³/mol. The number of carbonyl (C=O) groups excluding carboxylic acids is 1. The highest BCUT2D eigenvalue weighted by Gasteiger charge is 2.25. The normalized spacial score (nSPS) is 19.7. The van der Waals surface area contributed by atoms with Crippen LogP contribution in [-0.2, 0) is 0 Å². The highest BCUT2D eigenvalue weighted by molar-refractivity contribution is 6.31. The van der Waals surface area contributed by atoms with Crippen molar-refractivity contribution in [2.45, 2.75) is 32.1 Å². The summed E-state index contributed by atoms with van der Waals surface area (Å²) in [6.07, 6.45) is 6.21.